The van der Waals surface area contributed by atoms with Crippen molar-refractivity contribution in [2.45, 2.75) is 19.4 Å². The smallest absolute Gasteiger partial charge is 0.0558 e. The quantitative estimate of drug-likeness (QED) is 0.699. The van der Waals surface area contributed by atoms with E-state index < -0.39 is 0 Å². The van der Waals surface area contributed by atoms with Crippen LogP contribution in [0.25, 0.3) is 0 Å². The standard InChI is InChI=1S/C10H17N3O/c14-6-5-13(7-9-1-2-9)8-10-3-4-11-12-10/h3-4,9,14H,1-2,5-8H2,(H,11,12). The molecule has 1 aromatic heterocycles. The van der Waals surface area contributed by atoms with E-state index in [4.69, 9.17) is 5.11 Å². The van der Waals surface area contributed by atoms with E-state index in [1.54, 1.807) is 6.20 Å². The molecule has 0 unspecified atom stereocenters. The summed E-state index contributed by atoms with van der Waals surface area (Å²) in [5, 5.41) is 15.8. The summed E-state index contributed by atoms with van der Waals surface area (Å²) in [7, 11) is 0. The number of aromatic amines is 1. The van der Waals surface area contributed by atoms with Crippen LogP contribution in [0.5, 0.6) is 0 Å². The molecular formula is C10H17N3O. The van der Waals surface area contributed by atoms with E-state index in [9.17, 15) is 0 Å². The predicted molar refractivity (Wildman–Crippen MR) is 53.7 cm³/mol. The fraction of sp³-hybridized carbons (Fsp3) is 0.700. The van der Waals surface area contributed by atoms with Crippen LogP contribution < -0.4 is 0 Å². The molecule has 2 rings (SSSR count). The first-order valence-corrected chi connectivity index (χ1v) is 5.20. The monoisotopic (exact) mass is 195 g/mol. The van der Waals surface area contributed by atoms with Crippen molar-refractivity contribution in [3.8, 4) is 0 Å². The van der Waals surface area contributed by atoms with Crippen LogP contribution in [0.1, 0.15) is 18.5 Å². The first-order valence-electron chi connectivity index (χ1n) is 5.20. The second-order valence-electron chi connectivity index (χ2n) is 3.98. The highest BCUT2D eigenvalue weighted by atomic mass is 16.3. The number of aliphatic hydroxyl groups excluding tert-OH is 1. The molecule has 1 heterocycles. The molecule has 4 nitrogen and oxygen atoms in total. The van der Waals surface area contributed by atoms with Gasteiger partial charge in [-0.2, -0.15) is 5.10 Å². The fourth-order valence-electron chi connectivity index (χ4n) is 1.66. The molecule has 0 radical (unpaired) electrons. The molecule has 0 aliphatic heterocycles. The average Bonchev–Trinajstić information content (AvgIpc) is 2.81. The Morgan fingerprint density at radius 2 is 2.43 bits per heavy atom. The Labute approximate surface area is 83.9 Å². The highest BCUT2D eigenvalue weighted by molar-refractivity contribution is 4.97. The molecule has 14 heavy (non-hydrogen) atoms. The molecule has 0 amide bonds. The van der Waals surface area contributed by atoms with Gasteiger partial charge in [-0.15, -0.1) is 0 Å². The Hall–Kier alpha value is -0.870. The van der Waals surface area contributed by atoms with Crippen LogP contribution in [0.15, 0.2) is 12.3 Å². The normalized spacial score (nSPS) is 16.4. The van der Waals surface area contributed by atoms with Crippen LogP contribution in [0.3, 0.4) is 0 Å². The van der Waals surface area contributed by atoms with Crippen molar-refractivity contribution in [3.05, 3.63) is 18.0 Å². The second kappa shape index (κ2) is 4.57. The number of nitrogens with zero attached hydrogens (tertiary/aromatic N) is 2. The summed E-state index contributed by atoms with van der Waals surface area (Å²) < 4.78 is 0. The topological polar surface area (TPSA) is 52.1 Å². The number of nitrogens with one attached hydrogen (secondary N) is 1. The molecular weight excluding hydrogens is 178 g/mol. The number of rotatable bonds is 6. The third kappa shape index (κ3) is 2.82. The van der Waals surface area contributed by atoms with Crippen molar-refractivity contribution in [2.24, 2.45) is 5.92 Å². The SMILES string of the molecule is OCCN(Cc1ccn[nH]1)CC1CC1. The summed E-state index contributed by atoms with van der Waals surface area (Å²) in [6.45, 7) is 2.98. The van der Waals surface area contributed by atoms with Crippen molar-refractivity contribution in [1.82, 2.24) is 15.1 Å². The number of H-pyrrole nitrogens is 1. The zero-order valence-electron chi connectivity index (χ0n) is 8.32. The van der Waals surface area contributed by atoms with Crippen LogP contribution >= 0.6 is 0 Å². The minimum Gasteiger partial charge on any atom is -0.395 e. The van der Waals surface area contributed by atoms with Crippen molar-refractivity contribution in [3.63, 3.8) is 0 Å². The molecule has 78 valence electrons. The Morgan fingerprint density at radius 3 is 3.00 bits per heavy atom. The summed E-state index contributed by atoms with van der Waals surface area (Å²) in [5.74, 6) is 0.865. The van der Waals surface area contributed by atoms with E-state index in [1.165, 1.54) is 12.8 Å². The van der Waals surface area contributed by atoms with Crippen LogP contribution in [0.4, 0.5) is 0 Å². The number of hydrogen-bond acceptors (Lipinski definition) is 3. The van der Waals surface area contributed by atoms with Crippen LogP contribution in [0.2, 0.25) is 0 Å². The van der Waals surface area contributed by atoms with Gasteiger partial charge in [-0.3, -0.25) is 10.00 Å². The van der Waals surface area contributed by atoms with Gasteiger partial charge in [-0.25, -0.2) is 0 Å². The van der Waals surface area contributed by atoms with Gasteiger partial charge >= 0.3 is 0 Å². The molecule has 0 atom stereocenters. The molecule has 1 aromatic rings. The van der Waals surface area contributed by atoms with Crippen molar-refractivity contribution in [2.75, 3.05) is 19.7 Å². The highest BCUT2D eigenvalue weighted by Gasteiger charge is 2.24. The highest BCUT2D eigenvalue weighted by Crippen LogP contribution is 2.29. The second-order valence-corrected chi connectivity index (χ2v) is 3.98. The molecule has 1 fully saturated rings. The summed E-state index contributed by atoms with van der Waals surface area (Å²) in [5.41, 5.74) is 1.12. The Kier molecular flexibility index (Phi) is 3.16. The fourth-order valence-corrected chi connectivity index (χ4v) is 1.66. The van der Waals surface area contributed by atoms with E-state index >= 15 is 0 Å². The molecule has 1 aliphatic rings. The largest absolute Gasteiger partial charge is 0.395 e. The predicted octanol–water partition coefficient (Wildman–Crippen LogP) is 0.614. The summed E-state index contributed by atoms with van der Waals surface area (Å²) >= 11 is 0. The lowest BCUT2D eigenvalue weighted by molar-refractivity contribution is 0.183. The molecule has 0 bridgehead atoms. The summed E-state index contributed by atoms with van der Waals surface area (Å²) in [4.78, 5) is 2.28. The van der Waals surface area contributed by atoms with Gasteiger partial charge in [0.1, 0.15) is 0 Å². The first kappa shape index (κ1) is 9.68. The van der Waals surface area contributed by atoms with E-state index in [0.29, 0.717) is 0 Å². The Morgan fingerprint density at radius 1 is 1.57 bits per heavy atom. The van der Waals surface area contributed by atoms with Gasteiger partial charge in [0, 0.05) is 31.5 Å². The molecule has 4 heteroatoms. The van der Waals surface area contributed by atoms with E-state index in [0.717, 1.165) is 31.2 Å². The van der Waals surface area contributed by atoms with Gasteiger partial charge in [0.05, 0.1) is 6.61 Å². The minimum atomic E-state index is 0.237. The van der Waals surface area contributed by atoms with Gasteiger partial charge in [-0.1, -0.05) is 0 Å². The van der Waals surface area contributed by atoms with Gasteiger partial charge in [0.25, 0.3) is 0 Å². The molecule has 1 aliphatic carbocycles. The number of aromatic nitrogens is 2. The maximum Gasteiger partial charge on any atom is 0.0558 e. The van der Waals surface area contributed by atoms with Gasteiger partial charge < -0.3 is 5.11 Å². The zero-order chi connectivity index (χ0) is 9.80. The van der Waals surface area contributed by atoms with E-state index in [-0.39, 0.29) is 6.61 Å². The maximum absolute atomic E-state index is 8.93. The van der Waals surface area contributed by atoms with E-state index in [1.807, 2.05) is 6.07 Å². The lowest BCUT2D eigenvalue weighted by Gasteiger charge is -2.19. The number of hydrogen-bond donors (Lipinski definition) is 2. The third-order valence-corrected chi connectivity index (χ3v) is 2.58. The summed E-state index contributed by atoms with van der Waals surface area (Å²) in [6.07, 6.45) is 4.47. The Bertz CT molecular complexity index is 256. The summed E-state index contributed by atoms with van der Waals surface area (Å²) in [6, 6.07) is 1.98. The van der Waals surface area contributed by atoms with Gasteiger partial charge in [-0.05, 0) is 24.8 Å². The zero-order valence-corrected chi connectivity index (χ0v) is 8.32. The van der Waals surface area contributed by atoms with Crippen molar-refractivity contribution in [1.29, 1.82) is 0 Å². The molecule has 2 N–H and O–H groups in total. The average molecular weight is 195 g/mol. The third-order valence-electron chi connectivity index (χ3n) is 2.58. The lowest BCUT2D eigenvalue weighted by atomic mass is 10.3. The molecule has 1 saturated carbocycles. The van der Waals surface area contributed by atoms with Crippen LogP contribution in [-0.2, 0) is 6.54 Å². The van der Waals surface area contributed by atoms with Crippen LogP contribution in [0, 0.1) is 5.92 Å². The van der Waals surface area contributed by atoms with Gasteiger partial charge in [0.15, 0.2) is 0 Å². The van der Waals surface area contributed by atoms with E-state index in [2.05, 4.69) is 15.1 Å². The van der Waals surface area contributed by atoms with Crippen LogP contribution in [-0.4, -0.2) is 39.9 Å². The van der Waals surface area contributed by atoms with Gasteiger partial charge in [0.2, 0.25) is 0 Å². The minimum absolute atomic E-state index is 0.237. The molecule has 0 saturated heterocycles. The molecule has 0 spiro atoms. The van der Waals surface area contributed by atoms with Crippen molar-refractivity contribution >= 4 is 0 Å². The molecule has 0 aromatic carbocycles. The maximum atomic E-state index is 8.93. The first-order chi connectivity index (χ1) is 6.88. The number of aliphatic hydroxyl groups is 1. The van der Waals surface area contributed by atoms with Crippen molar-refractivity contribution < 1.29 is 5.11 Å². The lowest BCUT2D eigenvalue weighted by Crippen LogP contribution is -2.28. The Balaban J connectivity index is 1.82.